The first-order valence-corrected chi connectivity index (χ1v) is 12.9. The first-order valence-electron chi connectivity index (χ1n) is 12.9. The van der Waals surface area contributed by atoms with E-state index >= 15 is 0 Å². The van der Waals surface area contributed by atoms with Gasteiger partial charge in [-0.1, -0.05) is 19.1 Å². The average molecular weight is 558 g/mol. The molecule has 0 spiro atoms. The van der Waals surface area contributed by atoms with Crippen molar-refractivity contribution in [1.82, 2.24) is 0 Å². The van der Waals surface area contributed by atoms with E-state index in [1.165, 1.54) is 25.3 Å². The molecule has 214 valence electrons. The van der Waals surface area contributed by atoms with Gasteiger partial charge in [0.2, 0.25) is 5.78 Å². The number of phenols is 2. The second kappa shape index (κ2) is 9.82. The number of nitrogens with two attached hydrogens (primary N) is 1. The van der Waals surface area contributed by atoms with Crippen molar-refractivity contribution in [2.45, 2.75) is 75.3 Å². The summed E-state index contributed by atoms with van der Waals surface area (Å²) in [6.07, 6.45) is -4.42. The Labute approximate surface area is 228 Å². The summed E-state index contributed by atoms with van der Waals surface area (Å²) in [7, 11) is 1.31. The van der Waals surface area contributed by atoms with Crippen LogP contribution in [0.1, 0.15) is 88.1 Å². The zero-order valence-corrected chi connectivity index (χ0v) is 22.1. The Hall–Kier alpha value is -3.55. The van der Waals surface area contributed by atoms with E-state index in [9.17, 15) is 39.9 Å². The number of aliphatic hydroxyl groups excluding tert-OH is 1. The van der Waals surface area contributed by atoms with Gasteiger partial charge >= 0.3 is 5.97 Å². The summed E-state index contributed by atoms with van der Waals surface area (Å²) in [5.41, 5.74) is 2.07. The van der Waals surface area contributed by atoms with E-state index in [1.54, 1.807) is 13.8 Å². The number of carboxylic acids is 1. The summed E-state index contributed by atoms with van der Waals surface area (Å²) in [5, 5.41) is 55.0. The van der Waals surface area contributed by atoms with Crippen molar-refractivity contribution in [2.75, 3.05) is 7.11 Å². The van der Waals surface area contributed by atoms with Gasteiger partial charge in [-0.15, -0.1) is 0 Å². The number of ketones is 2. The molecule has 12 heteroatoms. The second-order valence-electron chi connectivity index (χ2n) is 10.5. The lowest BCUT2D eigenvalue weighted by Gasteiger charge is -2.45. The van der Waals surface area contributed by atoms with Gasteiger partial charge in [-0.25, -0.2) is 0 Å². The maximum absolute atomic E-state index is 13.7. The maximum atomic E-state index is 13.7. The summed E-state index contributed by atoms with van der Waals surface area (Å²) in [5.74, 6) is -6.43. The van der Waals surface area contributed by atoms with Crippen LogP contribution in [0.2, 0.25) is 0 Å². The van der Waals surface area contributed by atoms with Crippen molar-refractivity contribution in [1.29, 1.82) is 0 Å². The van der Waals surface area contributed by atoms with Gasteiger partial charge in [0.25, 0.3) is 0 Å². The lowest BCUT2D eigenvalue weighted by Crippen LogP contribution is -2.52. The van der Waals surface area contributed by atoms with E-state index in [1.807, 2.05) is 0 Å². The quantitative estimate of drug-likeness (QED) is 0.247. The fraction of sp³-hybridized carbons (Fsp3) is 0.464. The van der Waals surface area contributed by atoms with Crippen LogP contribution >= 0.6 is 0 Å². The molecule has 0 aromatic heterocycles. The van der Waals surface area contributed by atoms with Crippen LogP contribution in [0.25, 0.3) is 0 Å². The number of aromatic hydroxyl groups is 2. The molecule has 1 aliphatic heterocycles. The van der Waals surface area contributed by atoms with Gasteiger partial charge in [0.15, 0.2) is 12.1 Å². The van der Waals surface area contributed by atoms with E-state index < -0.39 is 87.9 Å². The fourth-order valence-corrected chi connectivity index (χ4v) is 6.19. The van der Waals surface area contributed by atoms with Crippen LogP contribution < -0.4 is 10.5 Å². The molecule has 2 aliphatic carbocycles. The number of carboxylic acid groups (broad SMARTS) is 1. The third-order valence-corrected chi connectivity index (χ3v) is 8.31. The van der Waals surface area contributed by atoms with Crippen LogP contribution in [0.3, 0.4) is 0 Å². The lowest BCUT2D eigenvalue weighted by molar-refractivity contribution is -0.248. The Morgan fingerprint density at radius 1 is 1.12 bits per heavy atom. The van der Waals surface area contributed by atoms with Gasteiger partial charge in [0.1, 0.15) is 23.2 Å². The van der Waals surface area contributed by atoms with Gasteiger partial charge < -0.3 is 45.5 Å². The summed E-state index contributed by atoms with van der Waals surface area (Å²) in [6, 6.07) is 3.59. The zero-order chi connectivity index (χ0) is 29.3. The standard InChI is InChI=1S/C28H31NO11/c1-4-28(37)9-14(40-15-8-12(29)22(30)10(2)39-15)17-18(21(28)27(35)36)26(34)19-20(25(17)33)24(32)16-11(23(19)31)6-5-7-13(16)38-3/h5-7,10,12,14-15,21-22,30,33-34,37H,4,8-9,29H2,1-3H3,(H,35,36)/t10-,12-,14-,15-,21-,22+,28+/m0/s1. The summed E-state index contributed by atoms with van der Waals surface area (Å²) in [6.45, 7) is 3.14. The number of phenolic OH excluding ortho intramolecular Hbond substituents is 2. The molecule has 1 fully saturated rings. The molecule has 0 radical (unpaired) electrons. The molecule has 2 aromatic rings. The SMILES string of the molecule is CC[C@@]1(O)C[C@H](O[C@H]2C[C@H](N)[C@H](O)[C@H](C)O2)c2c(O)c3c(c(O)c2[C@H]1C(=O)O)C(=O)c1cccc(OC)c1C3=O. The van der Waals surface area contributed by atoms with E-state index in [0.29, 0.717) is 0 Å². The third kappa shape index (κ3) is 3.98. The Balaban J connectivity index is 1.75. The maximum Gasteiger partial charge on any atom is 0.314 e. The minimum atomic E-state index is -1.98. The molecule has 12 nitrogen and oxygen atoms in total. The molecule has 2 aromatic carbocycles. The molecule has 0 bridgehead atoms. The Morgan fingerprint density at radius 3 is 2.38 bits per heavy atom. The van der Waals surface area contributed by atoms with Crippen molar-refractivity contribution >= 4 is 17.5 Å². The molecule has 3 aliphatic rings. The Kier molecular flexibility index (Phi) is 6.87. The predicted molar refractivity (Wildman–Crippen MR) is 137 cm³/mol. The van der Waals surface area contributed by atoms with Crippen molar-refractivity contribution in [3.63, 3.8) is 0 Å². The fourth-order valence-electron chi connectivity index (χ4n) is 6.19. The van der Waals surface area contributed by atoms with Gasteiger partial charge in [-0.05, 0) is 19.4 Å². The minimum Gasteiger partial charge on any atom is -0.507 e. The van der Waals surface area contributed by atoms with Crippen LogP contribution in [0.15, 0.2) is 18.2 Å². The normalized spacial score (nSPS) is 31.2. The number of hydrogen-bond donors (Lipinski definition) is 6. The van der Waals surface area contributed by atoms with Crippen molar-refractivity contribution in [2.24, 2.45) is 5.73 Å². The highest BCUT2D eigenvalue weighted by Crippen LogP contribution is 2.57. The molecule has 1 saturated heterocycles. The summed E-state index contributed by atoms with van der Waals surface area (Å²) >= 11 is 0. The molecule has 7 N–H and O–H groups in total. The third-order valence-electron chi connectivity index (χ3n) is 8.31. The number of aliphatic carboxylic acids is 1. The predicted octanol–water partition coefficient (Wildman–Crippen LogP) is 1.48. The lowest BCUT2D eigenvalue weighted by atomic mass is 9.66. The van der Waals surface area contributed by atoms with Gasteiger partial charge in [0, 0.05) is 35.6 Å². The molecule has 0 saturated carbocycles. The number of carbonyl (C=O) groups excluding carboxylic acids is 2. The van der Waals surface area contributed by atoms with Crippen molar-refractivity contribution in [3.05, 3.63) is 51.6 Å². The number of fused-ring (bicyclic) bond motifs is 3. The van der Waals surface area contributed by atoms with E-state index in [4.69, 9.17) is 19.9 Å². The number of methoxy groups -OCH3 is 1. The number of hydrogen-bond acceptors (Lipinski definition) is 11. The number of ether oxygens (including phenoxy) is 3. The highest BCUT2D eigenvalue weighted by atomic mass is 16.7. The highest BCUT2D eigenvalue weighted by Gasteiger charge is 2.54. The summed E-state index contributed by atoms with van der Waals surface area (Å²) in [4.78, 5) is 39.9. The molecule has 0 amide bonds. The Morgan fingerprint density at radius 2 is 1.77 bits per heavy atom. The van der Waals surface area contributed by atoms with Crippen LogP contribution in [-0.2, 0) is 14.3 Å². The van der Waals surface area contributed by atoms with E-state index in [-0.39, 0.29) is 41.7 Å². The minimum absolute atomic E-state index is 0.0317. The molecular weight excluding hydrogens is 526 g/mol. The second-order valence-corrected chi connectivity index (χ2v) is 10.5. The molecule has 1 heterocycles. The largest absolute Gasteiger partial charge is 0.507 e. The van der Waals surface area contributed by atoms with Gasteiger partial charge in [-0.2, -0.15) is 0 Å². The first-order chi connectivity index (χ1) is 18.9. The number of aliphatic hydroxyl groups is 2. The first kappa shape index (κ1) is 28.0. The molecule has 5 rings (SSSR count). The number of rotatable bonds is 5. The van der Waals surface area contributed by atoms with Crippen LogP contribution in [0.4, 0.5) is 0 Å². The van der Waals surface area contributed by atoms with E-state index in [2.05, 4.69) is 0 Å². The Bertz CT molecular complexity index is 1410. The van der Waals surface area contributed by atoms with E-state index in [0.717, 1.165) is 0 Å². The number of benzene rings is 2. The van der Waals surface area contributed by atoms with Gasteiger partial charge in [0.05, 0.1) is 47.7 Å². The molecule has 0 unspecified atom stereocenters. The topological polar surface area (TPSA) is 206 Å². The summed E-state index contributed by atoms with van der Waals surface area (Å²) < 4.78 is 17.1. The molecule has 40 heavy (non-hydrogen) atoms. The van der Waals surface area contributed by atoms with Crippen LogP contribution in [-0.4, -0.2) is 80.3 Å². The smallest absolute Gasteiger partial charge is 0.314 e. The van der Waals surface area contributed by atoms with Crippen LogP contribution in [0, 0.1) is 0 Å². The molecule has 7 atom stereocenters. The number of carbonyl (C=O) groups is 3. The monoisotopic (exact) mass is 557 g/mol. The van der Waals surface area contributed by atoms with Crippen molar-refractivity contribution < 1.29 is 54.1 Å². The average Bonchev–Trinajstić information content (AvgIpc) is 2.91. The van der Waals surface area contributed by atoms with Gasteiger partial charge in [-0.3, -0.25) is 14.4 Å². The zero-order valence-electron chi connectivity index (χ0n) is 22.1. The van der Waals surface area contributed by atoms with Crippen molar-refractivity contribution in [3.8, 4) is 17.2 Å². The van der Waals surface area contributed by atoms with Crippen LogP contribution in [0.5, 0.6) is 17.2 Å². The molecular formula is C28H31NO11. The highest BCUT2D eigenvalue weighted by molar-refractivity contribution is 6.31.